The zero-order chi connectivity index (χ0) is 13.0. The fraction of sp³-hybridized carbons (Fsp3) is 0.455. The van der Waals surface area contributed by atoms with Crippen molar-refractivity contribution in [1.29, 1.82) is 0 Å². The smallest absolute Gasteiger partial charge is 0.395 e. The van der Waals surface area contributed by atoms with Crippen LogP contribution in [0.3, 0.4) is 0 Å². The largest absolute Gasteiger partial charge is 0.474 e. The number of ether oxygens (including phenoxy) is 1. The van der Waals surface area contributed by atoms with Crippen molar-refractivity contribution < 1.29 is 19.4 Å². The Labute approximate surface area is 104 Å². The predicted octanol–water partition coefficient (Wildman–Crippen LogP) is 1.78. The lowest BCUT2D eigenvalue weighted by atomic mass is 10.2. The van der Waals surface area contributed by atoms with E-state index in [1.807, 2.05) is 19.2 Å². The zero-order valence-electron chi connectivity index (χ0n) is 10.0. The molecule has 1 aromatic rings. The van der Waals surface area contributed by atoms with E-state index in [1.165, 1.54) is 11.3 Å². The van der Waals surface area contributed by atoms with Gasteiger partial charge in [0.1, 0.15) is 6.73 Å². The lowest BCUT2D eigenvalue weighted by Gasteiger charge is -2.21. The number of anilines is 1. The van der Waals surface area contributed by atoms with Gasteiger partial charge in [0, 0.05) is 11.5 Å². The Kier molecular flexibility index (Phi) is 4.65. The van der Waals surface area contributed by atoms with E-state index in [1.54, 1.807) is 6.92 Å². The normalized spacial score (nSPS) is 10.3. The fourth-order valence-electron chi connectivity index (χ4n) is 1.49. The summed E-state index contributed by atoms with van der Waals surface area (Å²) in [6.07, 6.45) is 0. The van der Waals surface area contributed by atoms with Gasteiger partial charge in [-0.3, -0.25) is 9.69 Å². The lowest BCUT2D eigenvalue weighted by Crippen LogP contribution is -2.38. The molecule has 1 aromatic heterocycles. The van der Waals surface area contributed by atoms with Crippen molar-refractivity contribution in [2.45, 2.75) is 20.8 Å². The van der Waals surface area contributed by atoms with E-state index in [0.717, 1.165) is 15.3 Å². The van der Waals surface area contributed by atoms with E-state index >= 15 is 0 Å². The van der Waals surface area contributed by atoms with E-state index in [2.05, 4.69) is 0 Å². The number of rotatable bonds is 4. The van der Waals surface area contributed by atoms with Gasteiger partial charge in [0.05, 0.1) is 5.69 Å². The molecule has 0 saturated carbocycles. The van der Waals surface area contributed by atoms with E-state index < -0.39 is 11.9 Å². The molecule has 94 valence electrons. The van der Waals surface area contributed by atoms with Crippen molar-refractivity contribution in [2.75, 3.05) is 18.2 Å². The summed E-state index contributed by atoms with van der Waals surface area (Å²) in [5, 5.41) is 10.7. The van der Waals surface area contributed by atoms with Crippen LogP contribution in [0.15, 0.2) is 5.38 Å². The SMILES string of the molecule is CCOCN(C(=O)C(=O)O)c1c(C)csc1C. The highest BCUT2D eigenvalue weighted by Gasteiger charge is 2.25. The summed E-state index contributed by atoms with van der Waals surface area (Å²) in [6.45, 7) is 5.86. The number of thiophene rings is 1. The van der Waals surface area contributed by atoms with Crippen molar-refractivity contribution in [1.82, 2.24) is 0 Å². The molecule has 0 aliphatic rings. The van der Waals surface area contributed by atoms with Gasteiger partial charge in [0.25, 0.3) is 0 Å². The van der Waals surface area contributed by atoms with Gasteiger partial charge in [-0.2, -0.15) is 0 Å². The zero-order valence-corrected chi connectivity index (χ0v) is 10.8. The topological polar surface area (TPSA) is 66.8 Å². The second-order valence-electron chi connectivity index (χ2n) is 3.48. The molecule has 17 heavy (non-hydrogen) atoms. The molecule has 1 rings (SSSR count). The first-order valence-electron chi connectivity index (χ1n) is 5.16. The average Bonchev–Trinajstić information content (AvgIpc) is 2.60. The number of aliphatic carboxylic acids is 1. The monoisotopic (exact) mass is 257 g/mol. The molecule has 0 bridgehead atoms. The van der Waals surface area contributed by atoms with Gasteiger partial charge >= 0.3 is 11.9 Å². The third-order valence-electron chi connectivity index (χ3n) is 2.24. The fourth-order valence-corrected chi connectivity index (χ4v) is 2.34. The van der Waals surface area contributed by atoms with Gasteiger partial charge in [-0.05, 0) is 31.7 Å². The summed E-state index contributed by atoms with van der Waals surface area (Å²) >= 11 is 1.48. The van der Waals surface area contributed by atoms with Crippen LogP contribution in [0.4, 0.5) is 5.69 Å². The molecule has 0 unspecified atom stereocenters. The lowest BCUT2D eigenvalue weighted by molar-refractivity contribution is -0.149. The molecule has 0 spiro atoms. The predicted molar refractivity (Wildman–Crippen MR) is 65.4 cm³/mol. The van der Waals surface area contributed by atoms with Crippen LogP contribution < -0.4 is 4.90 Å². The first-order chi connectivity index (χ1) is 7.99. The number of carboxylic acids is 1. The maximum atomic E-state index is 11.6. The minimum atomic E-state index is -1.48. The van der Waals surface area contributed by atoms with Gasteiger partial charge in [-0.15, -0.1) is 11.3 Å². The standard InChI is InChI=1S/C11H15NO4S/c1-4-16-6-12(10(13)11(14)15)9-7(2)5-17-8(9)3/h5H,4,6H2,1-3H3,(H,14,15). The molecular weight excluding hydrogens is 242 g/mol. The second kappa shape index (κ2) is 5.79. The number of hydrogen-bond donors (Lipinski definition) is 1. The van der Waals surface area contributed by atoms with Crippen LogP contribution in [0.5, 0.6) is 0 Å². The summed E-state index contributed by atoms with van der Waals surface area (Å²) in [6, 6.07) is 0. The molecule has 0 atom stereocenters. The Morgan fingerprint density at radius 1 is 1.47 bits per heavy atom. The quantitative estimate of drug-likeness (QED) is 0.659. The number of amides is 1. The summed E-state index contributed by atoms with van der Waals surface area (Å²) in [7, 11) is 0. The van der Waals surface area contributed by atoms with E-state index in [4.69, 9.17) is 9.84 Å². The van der Waals surface area contributed by atoms with Crippen molar-refractivity contribution >= 4 is 28.9 Å². The van der Waals surface area contributed by atoms with Gasteiger partial charge in [0.15, 0.2) is 0 Å². The van der Waals surface area contributed by atoms with Crippen LogP contribution in [-0.4, -0.2) is 30.3 Å². The molecular formula is C11H15NO4S. The molecule has 1 heterocycles. The first kappa shape index (κ1) is 13.7. The Morgan fingerprint density at radius 3 is 2.53 bits per heavy atom. The van der Waals surface area contributed by atoms with Crippen LogP contribution >= 0.6 is 11.3 Å². The molecule has 1 N–H and O–H groups in total. The third kappa shape index (κ3) is 3.04. The Morgan fingerprint density at radius 2 is 2.12 bits per heavy atom. The minimum absolute atomic E-state index is 0.0416. The van der Waals surface area contributed by atoms with Crippen LogP contribution in [0.25, 0.3) is 0 Å². The Bertz CT molecular complexity index is 408. The number of nitrogens with zero attached hydrogens (tertiary/aromatic N) is 1. The molecule has 0 aliphatic heterocycles. The van der Waals surface area contributed by atoms with Crippen molar-refractivity contribution in [3.8, 4) is 0 Å². The van der Waals surface area contributed by atoms with Gasteiger partial charge in [0.2, 0.25) is 0 Å². The molecule has 0 aliphatic carbocycles. The molecule has 5 nitrogen and oxygen atoms in total. The molecule has 0 radical (unpaired) electrons. The number of hydrogen-bond acceptors (Lipinski definition) is 4. The Balaban J connectivity index is 3.06. The highest BCUT2D eigenvalue weighted by Crippen LogP contribution is 2.30. The Hall–Kier alpha value is -1.40. The van der Waals surface area contributed by atoms with Gasteiger partial charge < -0.3 is 9.84 Å². The maximum Gasteiger partial charge on any atom is 0.395 e. The highest BCUT2D eigenvalue weighted by molar-refractivity contribution is 7.10. The molecule has 0 aromatic carbocycles. The molecule has 6 heteroatoms. The average molecular weight is 257 g/mol. The van der Waals surface area contributed by atoms with Crippen LogP contribution in [0, 0.1) is 13.8 Å². The molecule has 1 amide bonds. The second-order valence-corrected chi connectivity index (χ2v) is 4.57. The van der Waals surface area contributed by atoms with Crippen molar-refractivity contribution in [2.24, 2.45) is 0 Å². The third-order valence-corrected chi connectivity index (χ3v) is 3.26. The van der Waals surface area contributed by atoms with Gasteiger partial charge in [-0.1, -0.05) is 0 Å². The van der Waals surface area contributed by atoms with E-state index in [0.29, 0.717) is 12.3 Å². The van der Waals surface area contributed by atoms with Crippen molar-refractivity contribution in [3.63, 3.8) is 0 Å². The summed E-state index contributed by atoms with van der Waals surface area (Å²) < 4.78 is 5.15. The first-order valence-corrected chi connectivity index (χ1v) is 6.04. The summed E-state index contributed by atoms with van der Waals surface area (Å²) in [4.78, 5) is 24.4. The van der Waals surface area contributed by atoms with Crippen LogP contribution in [0.1, 0.15) is 17.4 Å². The number of carboxylic acid groups (broad SMARTS) is 1. The molecule has 0 fully saturated rings. The van der Waals surface area contributed by atoms with Crippen molar-refractivity contribution in [3.05, 3.63) is 15.8 Å². The number of carbonyl (C=O) groups excluding carboxylic acids is 1. The number of carbonyl (C=O) groups is 2. The van der Waals surface area contributed by atoms with Crippen LogP contribution in [-0.2, 0) is 14.3 Å². The van der Waals surface area contributed by atoms with Crippen LogP contribution in [0.2, 0.25) is 0 Å². The summed E-state index contributed by atoms with van der Waals surface area (Å²) in [5.41, 5.74) is 1.51. The maximum absolute atomic E-state index is 11.6. The van der Waals surface area contributed by atoms with E-state index in [-0.39, 0.29) is 6.73 Å². The summed E-state index contributed by atoms with van der Waals surface area (Å²) in [5.74, 6) is -2.45. The molecule has 0 saturated heterocycles. The minimum Gasteiger partial charge on any atom is -0.474 e. The van der Waals surface area contributed by atoms with Gasteiger partial charge in [-0.25, -0.2) is 4.79 Å². The number of aryl methyl sites for hydroxylation is 2. The van der Waals surface area contributed by atoms with E-state index in [9.17, 15) is 9.59 Å². The highest BCUT2D eigenvalue weighted by atomic mass is 32.1.